The summed E-state index contributed by atoms with van der Waals surface area (Å²) in [7, 11) is 0. The fourth-order valence-electron chi connectivity index (χ4n) is 4.29. The Morgan fingerprint density at radius 3 is 2.71 bits per heavy atom. The van der Waals surface area contributed by atoms with Crippen molar-refractivity contribution in [2.45, 2.75) is 12.8 Å². The maximum atomic E-state index is 11.8. The Morgan fingerprint density at radius 2 is 1.97 bits per heavy atom. The van der Waals surface area contributed by atoms with Gasteiger partial charge in [-0.2, -0.15) is 0 Å². The number of aromatic nitrogens is 2. The number of phenolic OH excluding ortho intramolecular Hbond substituents is 1. The molecule has 0 atom stereocenters. The molecule has 2 aliphatic heterocycles. The van der Waals surface area contributed by atoms with E-state index in [1.807, 2.05) is 17.0 Å². The molecule has 8 heteroatoms. The van der Waals surface area contributed by atoms with E-state index in [4.69, 9.17) is 14.7 Å². The zero-order valence-corrected chi connectivity index (χ0v) is 19.7. The number of carbonyl (C=O) groups excluding carboxylic acids is 1. The molecule has 2 aliphatic rings. The molecule has 0 spiro atoms. The minimum absolute atomic E-state index is 0.00679. The van der Waals surface area contributed by atoms with Crippen LogP contribution in [-0.2, 0) is 9.53 Å². The zero-order chi connectivity index (χ0) is 23.5. The largest absolute Gasteiger partial charge is 0.508 e. The van der Waals surface area contributed by atoms with Crippen LogP contribution in [0.5, 0.6) is 5.75 Å². The second kappa shape index (κ2) is 9.84. The number of likely N-dealkylation sites (tertiary alicyclic amines) is 1. The maximum absolute atomic E-state index is 11.8. The molecule has 0 saturated carbocycles. The van der Waals surface area contributed by atoms with Gasteiger partial charge in [-0.25, -0.2) is 9.97 Å². The van der Waals surface area contributed by atoms with E-state index in [2.05, 4.69) is 23.3 Å². The number of morpholine rings is 1. The minimum Gasteiger partial charge on any atom is -0.508 e. The van der Waals surface area contributed by atoms with Gasteiger partial charge in [0.05, 0.1) is 28.3 Å². The number of rotatable bonds is 3. The van der Waals surface area contributed by atoms with Crippen molar-refractivity contribution in [1.82, 2.24) is 14.9 Å². The van der Waals surface area contributed by atoms with E-state index in [0.717, 1.165) is 65.5 Å². The van der Waals surface area contributed by atoms with Gasteiger partial charge in [0, 0.05) is 37.7 Å². The number of amides is 1. The number of aromatic hydroxyl groups is 1. The average molecular weight is 475 g/mol. The van der Waals surface area contributed by atoms with Gasteiger partial charge in [0.1, 0.15) is 5.75 Å². The average Bonchev–Trinajstić information content (AvgIpc) is 3.30. The van der Waals surface area contributed by atoms with Crippen molar-refractivity contribution in [2.75, 3.05) is 44.3 Å². The lowest BCUT2D eigenvalue weighted by atomic mass is 9.97. The van der Waals surface area contributed by atoms with E-state index in [0.29, 0.717) is 19.0 Å². The lowest BCUT2D eigenvalue weighted by Gasteiger charge is -2.28. The first-order valence-electron chi connectivity index (χ1n) is 11.5. The molecule has 34 heavy (non-hydrogen) atoms. The van der Waals surface area contributed by atoms with Crippen LogP contribution in [0.15, 0.2) is 43.0 Å². The second-order valence-corrected chi connectivity index (χ2v) is 9.47. The SMILES string of the molecule is C=CC(=O)N1CCC(C#Cc2cc3nc(-c4cccc(O)c4)nc(N4CCOCC4)c3s2)CC1. The van der Waals surface area contributed by atoms with Crippen LogP contribution in [0.4, 0.5) is 5.82 Å². The van der Waals surface area contributed by atoms with Crippen LogP contribution in [0.25, 0.3) is 21.6 Å². The number of nitrogens with zero attached hydrogens (tertiary/aromatic N) is 4. The molecule has 2 fully saturated rings. The second-order valence-electron chi connectivity index (χ2n) is 8.42. The van der Waals surface area contributed by atoms with Crippen LogP contribution in [0, 0.1) is 17.8 Å². The molecule has 5 rings (SSSR count). The van der Waals surface area contributed by atoms with E-state index in [1.165, 1.54) is 6.08 Å². The van der Waals surface area contributed by atoms with Gasteiger partial charge in [-0.05, 0) is 37.1 Å². The molecule has 0 unspecified atom stereocenters. The molecule has 4 heterocycles. The number of fused-ring (bicyclic) bond motifs is 1. The number of carbonyl (C=O) groups is 1. The van der Waals surface area contributed by atoms with Gasteiger partial charge in [-0.15, -0.1) is 11.3 Å². The molecule has 0 bridgehead atoms. The van der Waals surface area contributed by atoms with E-state index < -0.39 is 0 Å². The Kier molecular flexibility index (Phi) is 6.48. The fraction of sp³-hybridized carbons (Fsp3) is 0.346. The number of thiophene rings is 1. The van der Waals surface area contributed by atoms with Gasteiger partial charge in [0.15, 0.2) is 11.6 Å². The summed E-state index contributed by atoms with van der Waals surface area (Å²) in [6.45, 7) is 7.88. The topological polar surface area (TPSA) is 78.8 Å². The van der Waals surface area contributed by atoms with Crippen molar-refractivity contribution in [3.05, 3.63) is 47.9 Å². The Hall–Kier alpha value is -3.41. The van der Waals surface area contributed by atoms with Gasteiger partial charge in [-0.3, -0.25) is 4.79 Å². The van der Waals surface area contributed by atoms with Gasteiger partial charge < -0.3 is 19.6 Å². The monoisotopic (exact) mass is 474 g/mol. The van der Waals surface area contributed by atoms with Crippen molar-refractivity contribution in [2.24, 2.45) is 5.92 Å². The van der Waals surface area contributed by atoms with Crippen molar-refractivity contribution in [3.63, 3.8) is 0 Å². The summed E-state index contributed by atoms with van der Waals surface area (Å²) in [5.41, 5.74) is 1.63. The summed E-state index contributed by atoms with van der Waals surface area (Å²) in [5.74, 6) is 8.69. The van der Waals surface area contributed by atoms with E-state index >= 15 is 0 Å². The van der Waals surface area contributed by atoms with Crippen molar-refractivity contribution in [3.8, 4) is 29.0 Å². The first-order chi connectivity index (χ1) is 16.6. The lowest BCUT2D eigenvalue weighted by Crippen LogP contribution is -2.37. The molecule has 0 aliphatic carbocycles. The Labute approximate surface area is 202 Å². The fourth-order valence-corrected chi connectivity index (χ4v) is 5.26. The highest BCUT2D eigenvalue weighted by Gasteiger charge is 2.21. The molecule has 7 nitrogen and oxygen atoms in total. The van der Waals surface area contributed by atoms with E-state index in [-0.39, 0.29) is 17.6 Å². The third kappa shape index (κ3) is 4.76. The number of phenols is 1. The third-order valence-electron chi connectivity index (χ3n) is 6.15. The standard InChI is InChI=1S/C26H26N4O3S/c1-2-23(32)29-10-8-18(9-11-29)6-7-21-17-22-24(34-21)26(30-12-14-33-15-13-30)28-25(27-22)19-4-3-5-20(31)16-19/h2-5,16-18,31H,1,8-15H2. The summed E-state index contributed by atoms with van der Waals surface area (Å²) in [5, 5.41) is 9.94. The zero-order valence-electron chi connectivity index (χ0n) is 18.9. The van der Waals surface area contributed by atoms with Gasteiger partial charge in [0.25, 0.3) is 0 Å². The molecule has 2 saturated heterocycles. The molecular weight excluding hydrogens is 448 g/mol. The number of ether oxygens (including phenoxy) is 1. The molecular formula is C26H26N4O3S. The lowest BCUT2D eigenvalue weighted by molar-refractivity contribution is -0.127. The van der Waals surface area contributed by atoms with Crippen LogP contribution in [-0.4, -0.2) is 65.3 Å². The predicted octanol–water partition coefficient (Wildman–Crippen LogP) is 3.68. The highest BCUT2D eigenvalue weighted by atomic mass is 32.1. The first-order valence-corrected chi connectivity index (χ1v) is 12.3. The summed E-state index contributed by atoms with van der Waals surface area (Å²) < 4.78 is 6.55. The van der Waals surface area contributed by atoms with Gasteiger partial charge in [-0.1, -0.05) is 30.6 Å². The van der Waals surface area contributed by atoms with Crippen LogP contribution in [0.3, 0.4) is 0 Å². The number of benzene rings is 1. The molecule has 2 aromatic heterocycles. The highest BCUT2D eigenvalue weighted by Crippen LogP contribution is 2.34. The van der Waals surface area contributed by atoms with E-state index in [1.54, 1.807) is 29.5 Å². The highest BCUT2D eigenvalue weighted by molar-refractivity contribution is 7.20. The summed E-state index contributed by atoms with van der Waals surface area (Å²) in [4.78, 5) is 26.5. The smallest absolute Gasteiger partial charge is 0.245 e. The third-order valence-corrected chi connectivity index (χ3v) is 7.19. The van der Waals surface area contributed by atoms with Gasteiger partial charge in [0.2, 0.25) is 5.91 Å². The molecule has 1 amide bonds. The Bertz CT molecular complexity index is 1280. The summed E-state index contributed by atoms with van der Waals surface area (Å²) in [6.07, 6.45) is 3.12. The number of anilines is 1. The number of hydrogen-bond acceptors (Lipinski definition) is 7. The summed E-state index contributed by atoms with van der Waals surface area (Å²) >= 11 is 1.61. The quantitative estimate of drug-likeness (QED) is 0.461. The van der Waals surface area contributed by atoms with Crippen LogP contribution >= 0.6 is 11.3 Å². The molecule has 1 N–H and O–H groups in total. The van der Waals surface area contributed by atoms with Crippen molar-refractivity contribution < 1.29 is 14.6 Å². The van der Waals surface area contributed by atoms with Crippen LogP contribution in [0.1, 0.15) is 17.7 Å². The Balaban J connectivity index is 1.45. The molecule has 174 valence electrons. The van der Waals surface area contributed by atoms with Crippen LogP contribution < -0.4 is 4.90 Å². The summed E-state index contributed by atoms with van der Waals surface area (Å²) in [6, 6.07) is 9.05. The maximum Gasteiger partial charge on any atom is 0.245 e. The number of piperidine rings is 1. The Morgan fingerprint density at radius 1 is 1.18 bits per heavy atom. The molecule has 1 aromatic carbocycles. The van der Waals surface area contributed by atoms with Gasteiger partial charge >= 0.3 is 0 Å². The molecule has 0 radical (unpaired) electrons. The number of hydrogen-bond donors (Lipinski definition) is 1. The van der Waals surface area contributed by atoms with Crippen LogP contribution in [0.2, 0.25) is 0 Å². The van der Waals surface area contributed by atoms with Crippen molar-refractivity contribution >= 4 is 33.3 Å². The normalized spacial score (nSPS) is 16.8. The predicted molar refractivity (Wildman–Crippen MR) is 134 cm³/mol. The van der Waals surface area contributed by atoms with E-state index in [9.17, 15) is 9.90 Å². The minimum atomic E-state index is -0.00679. The van der Waals surface area contributed by atoms with Crippen molar-refractivity contribution in [1.29, 1.82) is 0 Å². The first kappa shape index (κ1) is 22.4. The molecule has 3 aromatic rings.